The highest BCUT2D eigenvalue weighted by molar-refractivity contribution is 9.10. The molecule has 0 spiro atoms. The zero-order valence-electron chi connectivity index (χ0n) is 12.5. The fraction of sp³-hybridized carbons (Fsp3) is 0.133. The van der Waals surface area contributed by atoms with Crippen molar-refractivity contribution in [2.45, 2.75) is 4.90 Å². The molecule has 0 unspecified atom stereocenters. The molecule has 2 rings (SSSR count). The lowest BCUT2D eigenvalue weighted by Gasteiger charge is -2.01. The molecule has 0 aliphatic heterocycles. The zero-order valence-corrected chi connectivity index (χ0v) is 15.7. The molecule has 2 aromatic rings. The minimum atomic E-state index is -3.62. The molecule has 0 aromatic heterocycles. The largest absolute Gasteiger partial charge is 0.507 e. The van der Waals surface area contributed by atoms with Crippen LogP contribution >= 0.6 is 15.9 Å². The minimum absolute atomic E-state index is 0.118. The normalized spacial score (nSPS) is 12.0. The average Bonchev–Trinajstić information content (AvgIpc) is 2.47. The number of benzene rings is 2. The van der Waals surface area contributed by atoms with Crippen LogP contribution in [0.1, 0.15) is 5.56 Å². The topological polar surface area (TPSA) is 79.1 Å². The Hall–Kier alpha value is -1.51. The number of sulfonamides is 1. The standard InChI is InChI=1S/C15H15BrN2O3S2/c1-22(2)18-23(20,21)14-6-4-13(5-7-14)17-10-11-9-12(16)3-8-15(11)19/h3-10,19H,1-2H3. The highest BCUT2D eigenvalue weighted by Crippen LogP contribution is 2.22. The van der Waals surface area contributed by atoms with Crippen LogP contribution in [0.3, 0.4) is 0 Å². The van der Waals surface area contributed by atoms with Gasteiger partial charge in [0.15, 0.2) is 0 Å². The highest BCUT2D eigenvalue weighted by Gasteiger charge is 2.11. The number of aromatic hydroxyl groups is 1. The molecule has 0 atom stereocenters. The summed E-state index contributed by atoms with van der Waals surface area (Å²) in [5, 5.41) is 9.74. The first kappa shape index (κ1) is 17.8. The fourth-order valence-corrected chi connectivity index (χ4v) is 4.49. The quantitative estimate of drug-likeness (QED) is 0.775. The number of hydrogen-bond donors (Lipinski definition) is 1. The SMILES string of the molecule is CS(C)=NS(=O)(=O)c1ccc(N=Cc2cc(Br)ccc2O)cc1. The smallest absolute Gasteiger partial charge is 0.287 e. The molecular formula is C15H15BrN2O3S2. The van der Waals surface area contributed by atoms with Gasteiger partial charge in [-0.05, 0) is 55.0 Å². The number of phenolic OH excluding ortho intramolecular Hbond substituents is 1. The van der Waals surface area contributed by atoms with Crippen molar-refractivity contribution in [1.82, 2.24) is 0 Å². The molecule has 2 aromatic carbocycles. The number of hydrogen-bond acceptors (Lipinski definition) is 4. The first-order valence-corrected chi connectivity index (χ1v) is 10.7. The Morgan fingerprint density at radius 1 is 1.13 bits per heavy atom. The van der Waals surface area contributed by atoms with Crippen LogP contribution in [0, 0.1) is 0 Å². The van der Waals surface area contributed by atoms with Gasteiger partial charge in [0.25, 0.3) is 10.0 Å². The Balaban J connectivity index is 2.25. The van der Waals surface area contributed by atoms with E-state index in [1.807, 2.05) is 0 Å². The maximum Gasteiger partial charge on any atom is 0.287 e. The average molecular weight is 415 g/mol. The Morgan fingerprint density at radius 2 is 1.78 bits per heavy atom. The molecule has 1 N–H and O–H groups in total. The Morgan fingerprint density at radius 3 is 2.39 bits per heavy atom. The van der Waals surface area contributed by atoms with E-state index < -0.39 is 20.7 Å². The van der Waals surface area contributed by atoms with Crippen molar-refractivity contribution < 1.29 is 13.5 Å². The molecule has 8 heteroatoms. The van der Waals surface area contributed by atoms with Crippen molar-refractivity contribution in [2.24, 2.45) is 8.76 Å². The van der Waals surface area contributed by atoms with Crippen molar-refractivity contribution in [3.8, 4) is 5.75 Å². The number of phenols is 1. The van der Waals surface area contributed by atoms with Crippen LogP contribution in [0.2, 0.25) is 0 Å². The number of rotatable bonds is 4. The predicted octanol–water partition coefficient (Wildman–Crippen LogP) is 3.66. The number of nitrogens with zero attached hydrogens (tertiary/aromatic N) is 2. The summed E-state index contributed by atoms with van der Waals surface area (Å²) in [6, 6.07) is 11.2. The molecule has 0 radical (unpaired) electrons. The Labute approximate surface area is 146 Å². The van der Waals surface area contributed by atoms with E-state index in [2.05, 4.69) is 24.7 Å². The van der Waals surface area contributed by atoms with Gasteiger partial charge in [-0.1, -0.05) is 26.6 Å². The van der Waals surface area contributed by atoms with Gasteiger partial charge in [-0.2, -0.15) is 8.42 Å². The molecule has 0 saturated heterocycles. The van der Waals surface area contributed by atoms with E-state index in [1.54, 1.807) is 42.8 Å². The predicted molar refractivity (Wildman–Crippen MR) is 98.3 cm³/mol. The number of aliphatic imine (C=N–C) groups is 1. The van der Waals surface area contributed by atoms with Gasteiger partial charge in [-0.15, -0.1) is 3.77 Å². The van der Waals surface area contributed by atoms with Gasteiger partial charge in [0.2, 0.25) is 0 Å². The van der Waals surface area contributed by atoms with Gasteiger partial charge in [-0.25, -0.2) is 0 Å². The van der Waals surface area contributed by atoms with E-state index in [9.17, 15) is 13.5 Å². The first-order valence-electron chi connectivity index (χ1n) is 6.46. The van der Waals surface area contributed by atoms with Crippen LogP contribution in [-0.2, 0) is 20.7 Å². The van der Waals surface area contributed by atoms with E-state index in [-0.39, 0.29) is 10.6 Å². The number of halogens is 1. The lowest BCUT2D eigenvalue weighted by molar-refractivity contribution is 0.474. The summed E-state index contributed by atoms with van der Waals surface area (Å²) in [7, 11) is -4.17. The summed E-state index contributed by atoms with van der Waals surface area (Å²) in [5.74, 6) is 0.118. The Bertz CT molecular complexity index is 872. The van der Waals surface area contributed by atoms with Crippen molar-refractivity contribution in [3.63, 3.8) is 0 Å². The third kappa shape index (κ3) is 4.98. The zero-order chi connectivity index (χ0) is 17.0. The van der Waals surface area contributed by atoms with Crippen molar-refractivity contribution in [3.05, 3.63) is 52.5 Å². The second-order valence-corrected chi connectivity index (χ2v) is 9.26. The molecule has 0 heterocycles. The van der Waals surface area contributed by atoms with Crippen LogP contribution in [0.4, 0.5) is 5.69 Å². The summed E-state index contributed by atoms with van der Waals surface area (Å²) in [6.45, 7) is 0. The summed E-state index contributed by atoms with van der Waals surface area (Å²) in [5.41, 5.74) is 1.14. The third-order valence-electron chi connectivity index (χ3n) is 2.72. The monoisotopic (exact) mass is 414 g/mol. The van der Waals surface area contributed by atoms with E-state index >= 15 is 0 Å². The van der Waals surface area contributed by atoms with Gasteiger partial charge >= 0.3 is 0 Å². The summed E-state index contributed by atoms with van der Waals surface area (Å²) in [4.78, 5) is 4.37. The molecule has 0 aliphatic rings. The molecule has 0 bridgehead atoms. The van der Waals surface area contributed by atoms with E-state index in [4.69, 9.17) is 0 Å². The first-order chi connectivity index (χ1) is 10.8. The Kier molecular flexibility index (Phi) is 5.72. The second-order valence-electron chi connectivity index (χ2n) is 4.78. The second kappa shape index (κ2) is 7.37. The third-order valence-corrected chi connectivity index (χ3v) is 6.06. The van der Waals surface area contributed by atoms with Gasteiger partial charge in [0.05, 0.1) is 10.6 Å². The van der Waals surface area contributed by atoms with Crippen molar-refractivity contribution >= 4 is 48.5 Å². The lowest BCUT2D eigenvalue weighted by atomic mass is 10.2. The van der Waals surface area contributed by atoms with Gasteiger partial charge < -0.3 is 5.11 Å². The van der Waals surface area contributed by atoms with Gasteiger partial charge in [0.1, 0.15) is 5.75 Å². The van der Waals surface area contributed by atoms with E-state index in [1.165, 1.54) is 18.3 Å². The van der Waals surface area contributed by atoms with E-state index in [0.717, 1.165) is 4.47 Å². The molecule has 0 aliphatic carbocycles. The maximum atomic E-state index is 12.0. The van der Waals surface area contributed by atoms with Gasteiger partial charge in [0, 0.05) is 16.3 Å². The molecular weight excluding hydrogens is 400 g/mol. The molecule has 122 valence electrons. The molecule has 0 fully saturated rings. The van der Waals surface area contributed by atoms with Gasteiger partial charge in [-0.3, -0.25) is 4.99 Å². The van der Waals surface area contributed by atoms with E-state index in [0.29, 0.717) is 11.3 Å². The molecule has 5 nitrogen and oxygen atoms in total. The molecule has 0 saturated carbocycles. The van der Waals surface area contributed by atoms with Crippen LogP contribution in [0.5, 0.6) is 5.75 Å². The minimum Gasteiger partial charge on any atom is -0.507 e. The van der Waals surface area contributed by atoms with Crippen LogP contribution in [0.25, 0.3) is 0 Å². The highest BCUT2D eigenvalue weighted by atomic mass is 79.9. The van der Waals surface area contributed by atoms with Crippen LogP contribution in [-0.4, -0.2) is 32.3 Å². The summed E-state index contributed by atoms with van der Waals surface area (Å²) >= 11 is 3.32. The maximum absolute atomic E-state index is 12.0. The molecule has 23 heavy (non-hydrogen) atoms. The lowest BCUT2D eigenvalue weighted by Crippen LogP contribution is -1.98. The van der Waals surface area contributed by atoms with Crippen molar-refractivity contribution in [2.75, 3.05) is 12.5 Å². The fourth-order valence-electron chi connectivity index (χ4n) is 1.72. The van der Waals surface area contributed by atoms with Crippen LogP contribution in [0.15, 0.2) is 60.6 Å². The van der Waals surface area contributed by atoms with Crippen molar-refractivity contribution in [1.29, 1.82) is 0 Å². The molecule has 0 amide bonds. The van der Waals surface area contributed by atoms with Crippen LogP contribution < -0.4 is 0 Å². The summed E-state index contributed by atoms with van der Waals surface area (Å²) < 4.78 is 28.5. The summed E-state index contributed by atoms with van der Waals surface area (Å²) in [6.07, 6.45) is 4.99.